The third-order valence-corrected chi connectivity index (χ3v) is 5.31. The molecule has 2 aromatic heterocycles. The fraction of sp³-hybridized carbons (Fsp3) is 0.250. The minimum absolute atomic E-state index is 0. The molecule has 3 rings (SSSR count). The van der Waals surface area contributed by atoms with Crippen LogP contribution in [-0.4, -0.2) is 42.8 Å². The Balaban J connectivity index is 0.00000385. The molecule has 0 saturated heterocycles. The second kappa shape index (κ2) is 11.2. The van der Waals surface area contributed by atoms with E-state index in [0.717, 1.165) is 11.1 Å². The number of aliphatic hydroxyl groups excluding tert-OH is 2. The number of aliphatic imine (C=N–C) groups is 2. The van der Waals surface area contributed by atoms with Crippen LogP contribution < -0.4 is 0 Å². The molecule has 0 atom stereocenters. The molecule has 166 valence electrons. The van der Waals surface area contributed by atoms with Crippen molar-refractivity contribution in [3.63, 3.8) is 0 Å². The van der Waals surface area contributed by atoms with Gasteiger partial charge in [0.05, 0.1) is 36.0 Å². The van der Waals surface area contributed by atoms with Gasteiger partial charge in [0.1, 0.15) is 11.5 Å². The van der Waals surface area contributed by atoms with Crippen LogP contribution in [0.3, 0.4) is 0 Å². The Labute approximate surface area is 205 Å². The number of aromatic hydroxyl groups is 2. The number of hydrogen-bond donors (Lipinski definition) is 4. The molecular formula is C24H26N4O4Zn+2. The summed E-state index contributed by atoms with van der Waals surface area (Å²) in [5, 5.41) is 39.9. The maximum Gasteiger partial charge on any atom is 2.00 e. The average molecular weight is 500 g/mol. The summed E-state index contributed by atoms with van der Waals surface area (Å²) in [6.45, 7) is 6.67. The third-order valence-electron chi connectivity index (χ3n) is 5.31. The molecule has 0 amide bonds. The molecule has 0 aliphatic rings. The van der Waals surface area contributed by atoms with Gasteiger partial charge in [0.15, 0.2) is 0 Å². The molecule has 0 unspecified atom stereocenters. The SMILES string of the molecule is Cc1cc(N=Cc2c(CO)cnc(C)c2O)c(N=Cc2c(CO)cnc(C)c2O)cc1C.[Zn+2]. The Morgan fingerprint density at radius 2 is 1.09 bits per heavy atom. The van der Waals surface area contributed by atoms with Crippen LogP contribution in [0.1, 0.15) is 44.8 Å². The smallest absolute Gasteiger partial charge is 0.505 e. The van der Waals surface area contributed by atoms with Crippen LogP contribution in [0, 0.1) is 27.7 Å². The second-order valence-electron chi connectivity index (χ2n) is 7.52. The molecule has 9 heteroatoms. The van der Waals surface area contributed by atoms with Gasteiger partial charge in [0.2, 0.25) is 0 Å². The largest absolute Gasteiger partial charge is 2.00 e. The second-order valence-corrected chi connectivity index (χ2v) is 7.52. The fourth-order valence-electron chi connectivity index (χ4n) is 3.11. The molecule has 0 saturated carbocycles. The molecule has 8 nitrogen and oxygen atoms in total. The van der Waals surface area contributed by atoms with E-state index in [1.54, 1.807) is 13.8 Å². The fourth-order valence-corrected chi connectivity index (χ4v) is 3.11. The number of aryl methyl sites for hydroxylation is 4. The predicted octanol–water partition coefficient (Wildman–Crippen LogP) is 3.60. The normalized spacial score (nSPS) is 11.3. The maximum absolute atomic E-state index is 10.4. The van der Waals surface area contributed by atoms with Gasteiger partial charge in [0.25, 0.3) is 0 Å². The van der Waals surface area contributed by atoms with E-state index in [-0.39, 0.29) is 44.2 Å². The summed E-state index contributed by atoms with van der Waals surface area (Å²) in [5.41, 5.74) is 5.64. The van der Waals surface area contributed by atoms with Crippen molar-refractivity contribution in [2.75, 3.05) is 0 Å². The van der Waals surface area contributed by atoms with Crippen molar-refractivity contribution >= 4 is 23.8 Å². The molecule has 1 aromatic carbocycles. The summed E-state index contributed by atoms with van der Waals surface area (Å²) < 4.78 is 0. The molecule has 0 aliphatic heterocycles. The van der Waals surface area contributed by atoms with Crippen LogP contribution in [0.25, 0.3) is 0 Å². The Morgan fingerprint density at radius 3 is 1.42 bits per heavy atom. The van der Waals surface area contributed by atoms with Crippen LogP contribution in [0.2, 0.25) is 0 Å². The van der Waals surface area contributed by atoms with Crippen molar-refractivity contribution in [1.29, 1.82) is 0 Å². The topological polar surface area (TPSA) is 131 Å². The van der Waals surface area contributed by atoms with Crippen molar-refractivity contribution < 1.29 is 39.9 Å². The first-order valence-electron chi connectivity index (χ1n) is 10.0. The third kappa shape index (κ3) is 5.68. The average Bonchev–Trinajstić information content (AvgIpc) is 2.78. The molecule has 0 fully saturated rings. The van der Waals surface area contributed by atoms with Crippen molar-refractivity contribution in [3.8, 4) is 11.5 Å². The van der Waals surface area contributed by atoms with Gasteiger partial charge < -0.3 is 20.4 Å². The quantitative estimate of drug-likeness (QED) is 0.303. The van der Waals surface area contributed by atoms with E-state index in [9.17, 15) is 20.4 Å². The van der Waals surface area contributed by atoms with Gasteiger partial charge in [-0.15, -0.1) is 0 Å². The molecule has 0 spiro atoms. The van der Waals surface area contributed by atoms with Gasteiger partial charge in [-0.25, -0.2) is 0 Å². The van der Waals surface area contributed by atoms with Crippen molar-refractivity contribution in [3.05, 3.63) is 69.3 Å². The zero-order valence-corrected chi connectivity index (χ0v) is 22.1. The van der Waals surface area contributed by atoms with Crippen molar-refractivity contribution in [1.82, 2.24) is 9.97 Å². The van der Waals surface area contributed by atoms with Crippen LogP contribution in [0.4, 0.5) is 11.4 Å². The first-order valence-corrected chi connectivity index (χ1v) is 10.0. The number of aliphatic hydroxyl groups is 2. The maximum atomic E-state index is 10.4. The predicted molar refractivity (Wildman–Crippen MR) is 124 cm³/mol. The zero-order chi connectivity index (χ0) is 23.4. The summed E-state index contributed by atoms with van der Waals surface area (Å²) in [6.07, 6.45) is 5.96. The van der Waals surface area contributed by atoms with E-state index in [4.69, 9.17) is 0 Å². The number of aromatic nitrogens is 2. The van der Waals surface area contributed by atoms with Gasteiger partial charge in [-0.2, -0.15) is 0 Å². The van der Waals surface area contributed by atoms with Gasteiger partial charge in [-0.05, 0) is 51.0 Å². The minimum Gasteiger partial charge on any atom is -0.505 e. The molecule has 3 aromatic rings. The minimum atomic E-state index is -0.287. The van der Waals surface area contributed by atoms with E-state index < -0.39 is 0 Å². The number of nitrogens with zero attached hydrogens (tertiary/aromatic N) is 4. The molecule has 2 heterocycles. The molecule has 0 radical (unpaired) electrons. The summed E-state index contributed by atoms with van der Waals surface area (Å²) >= 11 is 0. The molecule has 0 bridgehead atoms. The van der Waals surface area contributed by atoms with E-state index in [0.29, 0.717) is 45.0 Å². The zero-order valence-electron chi connectivity index (χ0n) is 19.2. The Kier molecular flexibility index (Phi) is 8.94. The van der Waals surface area contributed by atoms with Crippen molar-refractivity contribution in [2.24, 2.45) is 9.98 Å². The standard InChI is InChI=1S/C24H26N4O4.Zn/c1-13-5-21(27-9-19-17(11-29)7-25-15(3)23(19)31)22(6-14(13)2)28-10-20-18(12-30)8-26-16(4)24(20)32;/h5-10,29-32H,11-12H2,1-4H3;/q;+2. The van der Waals surface area contributed by atoms with Crippen LogP contribution in [0.5, 0.6) is 11.5 Å². The molecule has 4 N–H and O–H groups in total. The van der Waals surface area contributed by atoms with Crippen molar-refractivity contribution in [2.45, 2.75) is 40.9 Å². The van der Waals surface area contributed by atoms with Crippen LogP contribution in [0.15, 0.2) is 34.5 Å². The van der Waals surface area contributed by atoms with E-state index in [1.165, 1.54) is 24.8 Å². The molecule has 33 heavy (non-hydrogen) atoms. The van der Waals surface area contributed by atoms with E-state index in [2.05, 4.69) is 20.0 Å². The summed E-state index contributed by atoms with van der Waals surface area (Å²) in [6, 6.07) is 3.74. The summed E-state index contributed by atoms with van der Waals surface area (Å²) in [7, 11) is 0. The monoisotopic (exact) mass is 498 g/mol. The molecule has 0 aliphatic carbocycles. The van der Waals surface area contributed by atoms with E-state index in [1.807, 2.05) is 26.0 Å². The van der Waals surface area contributed by atoms with Crippen LogP contribution in [-0.2, 0) is 32.7 Å². The number of rotatable bonds is 6. The first-order chi connectivity index (χ1) is 15.3. The van der Waals surface area contributed by atoms with Crippen LogP contribution >= 0.6 is 0 Å². The van der Waals surface area contributed by atoms with Gasteiger partial charge in [0, 0.05) is 47.1 Å². The molecular weight excluding hydrogens is 474 g/mol. The Hall–Kier alpha value is -3.00. The van der Waals surface area contributed by atoms with Gasteiger partial charge >= 0.3 is 19.5 Å². The van der Waals surface area contributed by atoms with Gasteiger partial charge in [-0.1, -0.05) is 0 Å². The number of pyridine rings is 2. The summed E-state index contributed by atoms with van der Waals surface area (Å²) in [4.78, 5) is 17.2. The summed E-state index contributed by atoms with van der Waals surface area (Å²) in [5.74, 6) is -0.0853. The number of benzene rings is 1. The van der Waals surface area contributed by atoms with E-state index >= 15 is 0 Å². The first kappa shape index (κ1) is 26.3. The number of hydrogen-bond acceptors (Lipinski definition) is 8. The Bertz CT molecular complexity index is 1130. The Morgan fingerprint density at radius 1 is 0.727 bits per heavy atom. The van der Waals surface area contributed by atoms with Gasteiger partial charge in [-0.3, -0.25) is 20.0 Å².